The third kappa shape index (κ3) is 12.4. The molecule has 0 bridgehead atoms. The van der Waals surface area contributed by atoms with Gasteiger partial charge in [0, 0.05) is 32.1 Å². The van der Waals surface area contributed by atoms with E-state index in [0.29, 0.717) is 24.9 Å². The maximum Gasteiger partial charge on any atom is 0.258 e. The van der Waals surface area contributed by atoms with Crippen LogP contribution < -0.4 is 25.4 Å². The van der Waals surface area contributed by atoms with Crippen molar-refractivity contribution in [3.63, 3.8) is 0 Å². The molecule has 2 fully saturated rings. The van der Waals surface area contributed by atoms with Crippen molar-refractivity contribution in [1.82, 2.24) is 16.0 Å². The minimum Gasteiger partial charge on any atom is -0.493 e. The van der Waals surface area contributed by atoms with Crippen molar-refractivity contribution >= 4 is 11.8 Å². The lowest BCUT2D eigenvalue weighted by atomic mass is 9.95. The zero-order valence-corrected chi connectivity index (χ0v) is 24.6. The third-order valence-electron chi connectivity index (χ3n) is 7.34. The van der Waals surface area contributed by atoms with Crippen LogP contribution in [0.3, 0.4) is 0 Å². The van der Waals surface area contributed by atoms with Gasteiger partial charge in [-0.15, -0.1) is 0 Å². The number of nitrogens with one attached hydrogen (secondary N) is 3. The van der Waals surface area contributed by atoms with E-state index in [0.717, 1.165) is 55.6 Å². The average molecular weight is 552 g/mol. The summed E-state index contributed by atoms with van der Waals surface area (Å²) in [5, 5.41) is 9.40. The first-order valence-electron chi connectivity index (χ1n) is 15.2. The number of hydrogen-bond donors (Lipinski definition) is 3. The molecule has 4 rings (SSSR count). The van der Waals surface area contributed by atoms with Crippen molar-refractivity contribution in [1.29, 1.82) is 0 Å². The van der Waals surface area contributed by atoms with E-state index >= 15 is 0 Å². The van der Waals surface area contributed by atoms with Crippen LogP contribution in [0.25, 0.3) is 0 Å². The van der Waals surface area contributed by atoms with Gasteiger partial charge in [-0.2, -0.15) is 0 Å². The summed E-state index contributed by atoms with van der Waals surface area (Å²) in [5.41, 5.74) is 3.36. The summed E-state index contributed by atoms with van der Waals surface area (Å²) in [6.45, 7) is 7.08. The van der Waals surface area contributed by atoms with E-state index < -0.39 is 0 Å². The first-order valence-corrected chi connectivity index (χ1v) is 15.2. The van der Waals surface area contributed by atoms with Crippen LogP contribution >= 0.6 is 0 Å². The number of carbonyl (C=O) groups is 2. The van der Waals surface area contributed by atoms with E-state index in [1.807, 2.05) is 37.3 Å². The standard InChI is InChI=1S/C26H36N2O3.C7H13NO/c1-3-15-30-25-14-11-22(16-20(25)2)18-28-26(29)19-31-24-12-9-21(10-13-24)17-27-23-7-5-4-6-8-23;9-7-5-3-1-2-4-6-8-7/h9-14,16,23,27H,3-8,15,17-19H2,1-2H3,(H,28,29);1-6H2,(H,8,9). The fourth-order valence-corrected chi connectivity index (χ4v) is 4.95. The van der Waals surface area contributed by atoms with Crippen LogP contribution in [0.1, 0.15) is 94.2 Å². The topological polar surface area (TPSA) is 88.7 Å². The molecular formula is C33H49N3O4. The average Bonchev–Trinajstić information content (AvgIpc) is 2.97. The van der Waals surface area contributed by atoms with Gasteiger partial charge >= 0.3 is 0 Å². The van der Waals surface area contributed by atoms with E-state index in [1.165, 1.54) is 50.5 Å². The first kappa shape index (κ1) is 31.5. The van der Waals surface area contributed by atoms with Gasteiger partial charge in [-0.1, -0.05) is 63.3 Å². The fourth-order valence-electron chi connectivity index (χ4n) is 4.95. The number of benzene rings is 2. The van der Waals surface area contributed by atoms with Crippen LogP contribution in [-0.2, 0) is 22.7 Å². The Balaban J connectivity index is 0.000000415. The normalized spacial score (nSPS) is 16.0. The number of amides is 2. The van der Waals surface area contributed by atoms with Crippen molar-refractivity contribution in [2.75, 3.05) is 19.8 Å². The highest BCUT2D eigenvalue weighted by molar-refractivity contribution is 5.77. The van der Waals surface area contributed by atoms with Crippen molar-refractivity contribution < 1.29 is 19.1 Å². The van der Waals surface area contributed by atoms with Gasteiger partial charge in [-0.25, -0.2) is 0 Å². The lowest BCUT2D eigenvalue weighted by Crippen LogP contribution is -2.30. The maximum absolute atomic E-state index is 12.2. The molecule has 0 aromatic heterocycles. The summed E-state index contributed by atoms with van der Waals surface area (Å²) in [7, 11) is 0. The second-order valence-corrected chi connectivity index (χ2v) is 10.9. The molecule has 1 heterocycles. The van der Waals surface area contributed by atoms with Crippen molar-refractivity contribution in [2.24, 2.45) is 0 Å². The van der Waals surface area contributed by atoms with Crippen LogP contribution in [0, 0.1) is 6.92 Å². The summed E-state index contributed by atoms with van der Waals surface area (Å²) in [6, 6.07) is 14.6. The second-order valence-electron chi connectivity index (χ2n) is 10.9. The molecule has 220 valence electrons. The molecule has 40 heavy (non-hydrogen) atoms. The van der Waals surface area contributed by atoms with Gasteiger partial charge in [0.25, 0.3) is 5.91 Å². The largest absolute Gasteiger partial charge is 0.493 e. The molecule has 0 unspecified atom stereocenters. The quantitative estimate of drug-likeness (QED) is 0.320. The molecular weight excluding hydrogens is 502 g/mol. The maximum atomic E-state index is 12.2. The molecule has 0 atom stereocenters. The lowest BCUT2D eigenvalue weighted by Gasteiger charge is -2.22. The Labute approximate surface area is 240 Å². The monoisotopic (exact) mass is 551 g/mol. The van der Waals surface area contributed by atoms with E-state index in [2.05, 4.69) is 35.0 Å². The summed E-state index contributed by atoms with van der Waals surface area (Å²) < 4.78 is 11.3. The Hall–Kier alpha value is -3.06. The number of rotatable bonds is 11. The molecule has 2 aliphatic rings. The third-order valence-corrected chi connectivity index (χ3v) is 7.34. The zero-order valence-electron chi connectivity index (χ0n) is 24.6. The van der Waals surface area contributed by atoms with E-state index in [9.17, 15) is 9.59 Å². The molecule has 2 aromatic carbocycles. The summed E-state index contributed by atoms with van der Waals surface area (Å²) >= 11 is 0. The number of aryl methyl sites for hydroxylation is 1. The van der Waals surface area contributed by atoms with Crippen molar-refractivity contribution in [3.05, 3.63) is 59.2 Å². The van der Waals surface area contributed by atoms with Crippen LogP contribution in [0.15, 0.2) is 42.5 Å². The predicted molar refractivity (Wildman–Crippen MR) is 161 cm³/mol. The van der Waals surface area contributed by atoms with Crippen LogP contribution in [0.2, 0.25) is 0 Å². The van der Waals surface area contributed by atoms with E-state index in [-0.39, 0.29) is 18.4 Å². The molecule has 3 N–H and O–H groups in total. The van der Waals surface area contributed by atoms with Gasteiger partial charge in [-0.3, -0.25) is 9.59 Å². The highest BCUT2D eigenvalue weighted by atomic mass is 16.5. The minimum absolute atomic E-state index is 0.0103. The molecule has 2 amide bonds. The molecule has 0 spiro atoms. The van der Waals surface area contributed by atoms with E-state index in [1.54, 1.807) is 0 Å². The van der Waals surface area contributed by atoms with Gasteiger partial charge < -0.3 is 25.4 Å². The smallest absolute Gasteiger partial charge is 0.258 e. The second kappa shape index (κ2) is 18.3. The van der Waals surface area contributed by atoms with Crippen LogP contribution in [0.4, 0.5) is 0 Å². The molecule has 1 aliphatic heterocycles. The molecule has 7 heteroatoms. The summed E-state index contributed by atoms with van der Waals surface area (Å²) in [4.78, 5) is 22.9. The number of hydrogen-bond acceptors (Lipinski definition) is 5. The Morgan fingerprint density at radius 3 is 2.38 bits per heavy atom. The van der Waals surface area contributed by atoms with Gasteiger partial charge in [-0.05, 0) is 73.9 Å². The highest BCUT2D eigenvalue weighted by Crippen LogP contribution is 2.20. The van der Waals surface area contributed by atoms with Crippen LogP contribution in [0.5, 0.6) is 11.5 Å². The van der Waals surface area contributed by atoms with E-state index in [4.69, 9.17) is 9.47 Å². The highest BCUT2D eigenvalue weighted by Gasteiger charge is 2.12. The first-order chi connectivity index (χ1) is 19.5. The predicted octanol–water partition coefficient (Wildman–Crippen LogP) is 5.97. The zero-order chi connectivity index (χ0) is 28.4. The van der Waals surface area contributed by atoms with Gasteiger partial charge in [0.2, 0.25) is 5.91 Å². The number of carbonyl (C=O) groups excluding carboxylic acids is 2. The van der Waals surface area contributed by atoms with Gasteiger partial charge in [0.05, 0.1) is 6.61 Å². The molecule has 2 aromatic rings. The van der Waals surface area contributed by atoms with Gasteiger partial charge in [0.1, 0.15) is 11.5 Å². The molecule has 7 nitrogen and oxygen atoms in total. The Morgan fingerprint density at radius 2 is 1.62 bits per heavy atom. The van der Waals surface area contributed by atoms with Crippen molar-refractivity contribution in [3.8, 4) is 11.5 Å². The Morgan fingerprint density at radius 1 is 0.900 bits per heavy atom. The number of ether oxygens (including phenoxy) is 2. The van der Waals surface area contributed by atoms with Crippen LogP contribution in [-0.4, -0.2) is 37.6 Å². The molecule has 1 aliphatic carbocycles. The fraction of sp³-hybridized carbons (Fsp3) is 0.576. The molecule has 1 saturated carbocycles. The van der Waals surface area contributed by atoms with Crippen molar-refractivity contribution in [2.45, 2.75) is 104 Å². The summed E-state index contributed by atoms with van der Waals surface area (Å²) in [6.07, 6.45) is 13.1. The minimum atomic E-state index is -0.132. The Kier molecular flexibility index (Phi) is 14.4. The lowest BCUT2D eigenvalue weighted by molar-refractivity contribution is -0.123. The van der Waals surface area contributed by atoms with Gasteiger partial charge in [0.15, 0.2) is 6.61 Å². The molecule has 0 radical (unpaired) electrons. The SMILES string of the molecule is CCCOc1ccc(CNC(=O)COc2ccc(CNC3CCCCC3)cc2)cc1C.O=C1CCCCCCN1. The Bertz CT molecular complexity index is 1010. The summed E-state index contributed by atoms with van der Waals surface area (Å²) in [5.74, 6) is 1.71. The molecule has 1 saturated heterocycles.